The molecular weight excluding hydrogens is 542 g/mol. The Balaban J connectivity index is 0.958. The van der Waals surface area contributed by atoms with E-state index < -0.39 is 0 Å². The first-order valence-electron chi connectivity index (χ1n) is 16.5. The topological polar surface area (TPSA) is 134 Å². The van der Waals surface area contributed by atoms with Crippen molar-refractivity contribution in [1.82, 2.24) is 30.5 Å². The summed E-state index contributed by atoms with van der Waals surface area (Å²) in [5.41, 5.74) is 7.03. The number of ether oxygens (including phenoxy) is 1. The molecule has 11 heteroatoms. The van der Waals surface area contributed by atoms with Gasteiger partial charge in [-0.15, -0.1) is 0 Å². The van der Waals surface area contributed by atoms with E-state index in [0.717, 1.165) is 43.7 Å². The number of carbonyl (C=O) groups excluding carboxylic acids is 1. The molecule has 1 aromatic carbocycles. The van der Waals surface area contributed by atoms with E-state index in [9.17, 15) is 4.79 Å². The Kier molecular flexibility index (Phi) is 12.1. The number of hydrogen-bond donors (Lipinski definition) is 4. The molecule has 3 fully saturated rings. The number of benzene rings is 1. The van der Waals surface area contributed by atoms with Crippen LogP contribution in [0.2, 0.25) is 0 Å². The number of piperazine rings is 1. The lowest BCUT2D eigenvalue weighted by Crippen LogP contribution is -2.49. The minimum absolute atomic E-state index is 0.209. The first-order valence-corrected chi connectivity index (χ1v) is 16.5. The van der Waals surface area contributed by atoms with Crippen LogP contribution in [-0.4, -0.2) is 84.3 Å². The van der Waals surface area contributed by atoms with Gasteiger partial charge in [-0.3, -0.25) is 0 Å². The summed E-state index contributed by atoms with van der Waals surface area (Å²) in [4.78, 5) is 29.7. The predicted octanol–water partition coefficient (Wildman–Crippen LogP) is 4.03. The van der Waals surface area contributed by atoms with Crippen molar-refractivity contribution in [2.75, 3.05) is 68.3 Å². The zero-order valence-electron chi connectivity index (χ0n) is 25.7. The Morgan fingerprint density at radius 2 is 1.58 bits per heavy atom. The van der Waals surface area contributed by atoms with Gasteiger partial charge in [0, 0.05) is 38.8 Å². The second kappa shape index (κ2) is 16.6. The van der Waals surface area contributed by atoms with Gasteiger partial charge in [-0.25, -0.2) is 4.79 Å². The Labute approximate surface area is 256 Å². The molecule has 2 aromatic rings. The van der Waals surface area contributed by atoms with Crippen LogP contribution in [0.15, 0.2) is 30.3 Å². The Morgan fingerprint density at radius 3 is 2.33 bits per heavy atom. The van der Waals surface area contributed by atoms with Gasteiger partial charge in [0.1, 0.15) is 6.61 Å². The Morgan fingerprint density at radius 1 is 0.860 bits per heavy atom. The molecule has 1 aliphatic heterocycles. The van der Waals surface area contributed by atoms with Crippen molar-refractivity contribution < 1.29 is 9.53 Å². The lowest BCUT2D eigenvalue weighted by atomic mass is 9.82. The molecule has 2 heterocycles. The lowest BCUT2D eigenvalue weighted by Gasteiger charge is -2.34. The van der Waals surface area contributed by atoms with Crippen molar-refractivity contribution in [3.63, 3.8) is 0 Å². The second-order valence-corrected chi connectivity index (χ2v) is 12.4. The molecule has 0 spiro atoms. The molecule has 11 nitrogen and oxygen atoms in total. The largest absolute Gasteiger partial charge is 0.445 e. The first-order chi connectivity index (χ1) is 21.1. The average Bonchev–Trinajstić information content (AvgIpc) is 3.05. The summed E-state index contributed by atoms with van der Waals surface area (Å²) in [5.74, 6) is 2.67. The molecule has 3 aliphatic rings. The molecule has 0 radical (unpaired) electrons. The van der Waals surface area contributed by atoms with Crippen molar-refractivity contribution in [1.29, 1.82) is 0 Å². The molecule has 43 heavy (non-hydrogen) atoms. The van der Waals surface area contributed by atoms with Gasteiger partial charge in [-0.05, 0) is 82.0 Å². The van der Waals surface area contributed by atoms with Crippen LogP contribution in [-0.2, 0) is 11.3 Å². The van der Waals surface area contributed by atoms with Crippen LogP contribution in [0.1, 0.15) is 69.8 Å². The molecule has 1 saturated heterocycles. The number of rotatable bonds is 13. The molecule has 2 aliphatic carbocycles. The summed E-state index contributed by atoms with van der Waals surface area (Å²) >= 11 is 0. The van der Waals surface area contributed by atoms with Crippen LogP contribution < -0.4 is 26.6 Å². The van der Waals surface area contributed by atoms with E-state index in [4.69, 9.17) is 10.5 Å². The summed E-state index contributed by atoms with van der Waals surface area (Å²) in [6, 6.07) is 10.5. The summed E-state index contributed by atoms with van der Waals surface area (Å²) in [5, 5.41) is 10.9. The maximum absolute atomic E-state index is 12.5. The number of nitrogens with zero attached hydrogens (tertiary/aromatic N) is 5. The SMILES string of the molecule is Nc1nc(NCC2CCC(CNCCCNC3CCCCC3)CC2)nc(N2CCN(C(=O)OCc3ccccc3)CC2)n1. The monoisotopic (exact) mass is 593 g/mol. The zero-order chi connectivity index (χ0) is 29.7. The van der Waals surface area contributed by atoms with Crippen LogP contribution in [0.3, 0.4) is 0 Å². The molecule has 0 bridgehead atoms. The fourth-order valence-electron chi connectivity index (χ4n) is 6.51. The normalized spacial score (nSPS) is 21.5. The highest BCUT2D eigenvalue weighted by Gasteiger charge is 2.25. The average molecular weight is 594 g/mol. The van der Waals surface area contributed by atoms with Crippen molar-refractivity contribution in [2.24, 2.45) is 11.8 Å². The van der Waals surface area contributed by atoms with Crippen LogP contribution in [0.5, 0.6) is 0 Å². The summed E-state index contributed by atoms with van der Waals surface area (Å²) in [6.45, 7) is 6.80. The number of nitrogen functional groups attached to an aromatic ring is 1. The molecule has 5 N–H and O–H groups in total. The number of nitrogens with one attached hydrogen (secondary N) is 3. The maximum atomic E-state index is 12.5. The van der Waals surface area contributed by atoms with Gasteiger partial charge >= 0.3 is 6.09 Å². The fraction of sp³-hybridized carbons (Fsp3) is 0.688. The molecule has 5 rings (SSSR count). The third-order valence-corrected chi connectivity index (χ3v) is 9.18. The maximum Gasteiger partial charge on any atom is 0.410 e. The number of hydrogen-bond acceptors (Lipinski definition) is 10. The number of nitrogens with two attached hydrogens (primary N) is 1. The van der Waals surface area contributed by atoms with Crippen LogP contribution in [0.25, 0.3) is 0 Å². The van der Waals surface area contributed by atoms with Gasteiger partial charge in [0.15, 0.2) is 0 Å². The minimum Gasteiger partial charge on any atom is -0.445 e. The Hall–Kier alpha value is -3.18. The third kappa shape index (κ3) is 10.2. The molecule has 1 aromatic heterocycles. The van der Waals surface area contributed by atoms with E-state index in [1.807, 2.05) is 30.3 Å². The van der Waals surface area contributed by atoms with Gasteiger partial charge < -0.3 is 36.2 Å². The van der Waals surface area contributed by atoms with E-state index in [0.29, 0.717) is 44.0 Å². The van der Waals surface area contributed by atoms with Crippen LogP contribution >= 0.6 is 0 Å². The number of carbonyl (C=O) groups is 1. The quantitative estimate of drug-likeness (QED) is 0.252. The minimum atomic E-state index is -0.298. The molecular formula is C32H51N9O2. The Bertz CT molecular complexity index is 1100. The van der Waals surface area contributed by atoms with Gasteiger partial charge in [0.25, 0.3) is 0 Å². The van der Waals surface area contributed by atoms with E-state index in [-0.39, 0.29) is 18.6 Å². The molecule has 1 amide bonds. The summed E-state index contributed by atoms with van der Waals surface area (Å²) in [6.07, 6.45) is 12.8. The highest BCUT2D eigenvalue weighted by Crippen LogP contribution is 2.28. The summed E-state index contributed by atoms with van der Waals surface area (Å²) in [7, 11) is 0. The zero-order valence-corrected chi connectivity index (χ0v) is 25.7. The second-order valence-electron chi connectivity index (χ2n) is 12.4. The number of aromatic nitrogens is 3. The fourth-order valence-corrected chi connectivity index (χ4v) is 6.51. The van der Waals surface area contributed by atoms with Crippen LogP contribution in [0.4, 0.5) is 22.6 Å². The van der Waals surface area contributed by atoms with Crippen LogP contribution in [0, 0.1) is 11.8 Å². The van der Waals surface area contributed by atoms with E-state index >= 15 is 0 Å². The molecule has 0 unspecified atom stereocenters. The molecule has 236 valence electrons. The van der Waals surface area contributed by atoms with Crippen molar-refractivity contribution in [3.05, 3.63) is 35.9 Å². The number of amides is 1. The van der Waals surface area contributed by atoms with Gasteiger partial charge in [0.05, 0.1) is 0 Å². The molecule has 0 atom stereocenters. The van der Waals surface area contributed by atoms with Gasteiger partial charge in [-0.2, -0.15) is 15.0 Å². The van der Waals surface area contributed by atoms with Crippen molar-refractivity contribution in [3.8, 4) is 0 Å². The van der Waals surface area contributed by atoms with Crippen molar-refractivity contribution >= 4 is 23.9 Å². The van der Waals surface area contributed by atoms with E-state index in [1.54, 1.807) is 4.90 Å². The first kappa shape index (κ1) is 31.3. The highest BCUT2D eigenvalue weighted by atomic mass is 16.6. The highest BCUT2D eigenvalue weighted by molar-refractivity contribution is 5.68. The molecule has 2 saturated carbocycles. The van der Waals surface area contributed by atoms with E-state index in [2.05, 4.69) is 35.8 Å². The van der Waals surface area contributed by atoms with Crippen molar-refractivity contribution in [2.45, 2.75) is 76.9 Å². The smallest absolute Gasteiger partial charge is 0.410 e. The van der Waals surface area contributed by atoms with Gasteiger partial charge in [0.2, 0.25) is 17.8 Å². The van der Waals surface area contributed by atoms with E-state index in [1.165, 1.54) is 64.2 Å². The lowest BCUT2D eigenvalue weighted by molar-refractivity contribution is 0.0940. The third-order valence-electron chi connectivity index (χ3n) is 9.18. The van der Waals surface area contributed by atoms with Gasteiger partial charge in [-0.1, -0.05) is 49.6 Å². The number of anilines is 3. The standard InChI is InChI=1S/C32H51N9O2/c33-29-37-30(36-23-26-14-12-25(13-15-26)22-34-16-7-17-35-28-10-5-2-6-11-28)39-31(38-29)40-18-20-41(21-19-40)32(42)43-24-27-8-3-1-4-9-27/h1,3-4,8-9,25-26,28,34-35H,2,5-7,10-24H2,(H3,33,36,37,38,39). The predicted molar refractivity (Wildman–Crippen MR) is 171 cm³/mol. The summed E-state index contributed by atoms with van der Waals surface area (Å²) < 4.78 is 5.49.